The largest absolute Gasteiger partial charge is 0.496 e. The summed E-state index contributed by atoms with van der Waals surface area (Å²) in [4.78, 5) is 30.5. The summed E-state index contributed by atoms with van der Waals surface area (Å²) in [6, 6.07) is 15.4. The Hall–Kier alpha value is -3.08. The predicted molar refractivity (Wildman–Crippen MR) is 117 cm³/mol. The number of para-hydroxylation sites is 1. The SMILES string of the molecule is COc1ccccc1C1=C(N2CCC(C)CC2)C(=O)N(Cc2ccc(C)cc2)C1=O. The third kappa shape index (κ3) is 3.72. The first kappa shape index (κ1) is 20.2. The van der Waals surface area contributed by atoms with Gasteiger partial charge < -0.3 is 9.64 Å². The number of carbonyl (C=O) groups is 2. The van der Waals surface area contributed by atoms with Crippen LogP contribution in [0.5, 0.6) is 5.75 Å². The van der Waals surface area contributed by atoms with Crippen LogP contribution < -0.4 is 4.74 Å². The van der Waals surface area contributed by atoms with Crippen molar-refractivity contribution in [2.45, 2.75) is 33.2 Å². The van der Waals surface area contributed by atoms with Crippen LogP contribution in [0.3, 0.4) is 0 Å². The van der Waals surface area contributed by atoms with Crippen LogP contribution in [0.15, 0.2) is 54.2 Å². The lowest BCUT2D eigenvalue weighted by Crippen LogP contribution is -2.38. The summed E-state index contributed by atoms with van der Waals surface area (Å²) in [6.45, 7) is 6.09. The number of methoxy groups -OCH3 is 1. The van der Waals surface area contributed by atoms with Crippen molar-refractivity contribution in [1.29, 1.82) is 0 Å². The van der Waals surface area contributed by atoms with Gasteiger partial charge in [-0.15, -0.1) is 0 Å². The maximum absolute atomic E-state index is 13.5. The van der Waals surface area contributed by atoms with E-state index in [0.717, 1.165) is 37.1 Å². The van der Waals surface area contributed by atoms with Crippen molar-refractivity contribution in [1.82, 2.24) is 9.80 Å². The highest BCUT2D eigenvalue weighted by molar-refractivity contribution is 6.35. The molecule has 30 heavy (non-hydrogen) atoms. The molecule has 0 saturated carbocycles. The Morgan fingerprint density at radius 3 is 2.30 bits per heavy atom. The molecule has 2 amide bonds. The number of nitrogens with zero attached hydrogens (tertiary/aromatic N) is 2. The van der Waals surface area contributed by atoms with Crippen LogP contribution in [0.1, 0.15) is 36.5 Å². The van der Waals surface area contributed by atoms with E-state index in [2.05, 4.69) is 11.8 Å². The van der Waals surface area contributed by atoms with E-state index in [-0.39, 0.29) is 18.4 Å². The van der Waals surface area contributed by atoms with Crippen molar-refractivity contribution < 1.29 is 14.3 Å². The molecular weight excluding hydrogens is 376 g/mol. The van der Waals surface area contributed by atoms with E-state index in [1.807, 2.05) is 55.5 Å². The minimum Gasteiger partial charge on any atom is -0.496 e. The second-order valence-electron chi connectivity index (χ2n) is 8.28. The molecule has 0 radical (unpaired) electrons. The number of imide groups is 1. The zero-order valence-electron chi connectivity index (χ0n) is 17.9. The smallest absolute Gasteiger partial charge is 0.278 e. The molecule has 0 aliphatic carbocycles. The Bertz CT molecular complexity index is 986. The van der Waals surface area contributed by atoms with Gasteiger partial charge in [0.05, 0.1) is 19.2 Å². The third-order valence-electron chi connectivity index (χ3n) is 6.08. The van der Waals surface area contributed by atoms with Crippen LogP contribution in [0.2, 0.25) is 0 Å². The zero-order valence-corrected chi connectivity index (χ0v) is 17.9. The highest BCUT2D eigenvalue weighted by Crippen LogP contribution is 2.38. The fourth-order valence-corrected chi connectivity index (χ4v) is 4.20. The molecule has 0 spiro atoms. The highest BCUT2D eigenvalue weighted by atomic mass is 16.5. The van der Waals surface area contributed by atoms with Crippen molar-refractivity contribution in [2.24, 2.45) is 5.92 Å². The summed E-state index contributed by atoms with van der Waals surface area (Å²) in [7, 11) is 1.59. The number of ether oxygens (including phenoxy) is 1. The fourth-order valence-electron chi connectivity index (χ4n) is 4.20. The molecule has 2 heterocycles. The molecule has 0 bridgehead atoms. The molecule has 4 rings (SSSR count). The molecule has 0 atom stereocenters. The van der Waals surface area contributed by atoms with E-state index >= 15 is 0 Å². The van der Waals surface area contributed by atoms with Gasteiger partial charge in [0.25, 0.3) is 11.8 Å². The van der Waals surface area contributed by atoms with Gasteiger partial charge in [0.15, 0.2) is 0 Å². The minimum absolute atomic E-state index is 0.212. The Labute approximate surface area is 177 Å². The molecule has 156 valence electrons. The highest BCUT2D eigenvalue weighted by Gasteiger charge is 2.42. The second kappa shape index (κ2) is 8.34. The standard InChI is InChI=1S/C25H28N2O3/c1-17-8-10-19(11-9-17)16-27-24(28)22(20-6-4-5-7-21(20)30-3)23(25(27)29)26-14-12-18(2)13-15-26/h4-11,18H,12-16H2,1-3H3. The van der Waals surface area contributed by atoms with Gasteiger partial charge in [-0.2, -0.15) is 0 Å². The van der Waals surface area contributed by atoms with Crippen molar-refractivity contribution >= 4 is 17.4 Å². The van der Waals surface area contributed by atoms with E-state index in [0.29, 0.717) is 28.5 Å². The van der Waals surface area contributed by atoms with Gasteiger partial charge in [-0.3, -0.25) is 14.5 Å². The lowest BCUT2D eigenvalue weighted by atomic mass is 9.97. The van der Waals surface area contributed by atoms with E-state index < -0.39 is 0 Å². The number of rotatable bonds is 5. The van der Waals surface area contributed by atoms with Gasteiger partial charge in [0, 0.05) is 18.7 Å². The summed E-state index contributed by atoms with van der Waals surface area (Å²) in [5.41, 5.74) is 3.74. The summed E-state index contributed by atoms with van der Waals surface area (Å²) in [5, 5.41) is 0. The molecule has 0 aromatic heterocycles. The van der Waals surface area contributed by atoms with Gasteiger partial charge in [0.2, 0.25) is 0 Å². The van der Waals surface area contributed by atoms with E-state index in [1.54, 1.807) is 7.11 Å². The summed E-state index contributed by atoms with van der Waals surface area (Å²) in [5.74, 6) is 0.774. The minimum atomic E-state index is -0.251. The number of hydrogen-bond acceptors (Lipinski definition) is 4. The summed E-state index contributed by atoms with van der Waals surface area (Å²) in [6.07, 6.45) is 2.03. The molecule has 0 unspecified atom stereocenters. The molecule has 5 nitrogen and oxygen atoms in total. The molecule has 2 aliphatic heterocycles. The van der Waals surface area contributed by atoms with E-state index in [4.69, 9.17) is 4.74 Å². The van der Waals surface area contributed by atoms with Crippen molar-refractivity contribution in [3.05, 3.63) is 70.9 Å². The average Bonchev–Trinajstić information content (AvgIpc) is 3.00. The van der Waals surface area contributed by atoms with Crippen LogP contribution in [-0.2, 0) is 16.1 Å². The molecule has 2 aliphatic rings. The average molecular weight is 405 g/mol. The number of amides is 2. The summed E-state index contributed by atoms with van der Waals surface area (Å²) < 4.78 is 5.53. The topological polar surface area (TPSA) is 49.9 Å². The van der Waals surface area contributed by atoms with Crippen LogP contribution in [0, 0.1) is 12.8 Å². The zero-order chi connectivity index (χ0) is 21.3. The fraction of sp³-hybridized carbons (Fsp3) is 0.360. The van der Waals surface area contributed by atoms with Crippen LogP contribution in [0.4, 0.5) is 0 Å². The molecular formula is C25H28N2O3. The van der Waals surface area contributed by atoms with Gasteiger partial charge >= 0.3 is 0 Å². The predicted octanol–water partition coefficient (Wildman–Crippen LogP) is 4.02. The quantitative estimate of drug-likeness (QED) is 0.707. The third-order valence-corrected chi connectivity index (χ3v) is 6.08. The lowest BCUT2D eigenvalue weighted by molar-refractivity contribution is -0.138. The molecule has 1 saturated heterocycles. The number of hydrogen-bond donors (Lipinski definition) is 0. The number of likely N-dealkylation sites (tertiary alicyclic amines) is 1. The maximum Gasteiger partial charge on any atom is 0.278 e. The first-order chi connectivity index (χ1) is 14.5. The Morgan fingerprint density at radius 1 is 0.967 bits per heavy atom. The number of benzene rings is 2. The normalized spacial score (nSPS) is 17.8. The van der Waals surface area contributed by atoms with Crippen molar-refractivity contribution in [3.8, 4) is 5.75 Å². The van der Waals surface area contributed by atoms with Crippen molar-refractivity contribution in [3.63, 3.8) is 0 Å². The van der Waals surface area contributed by atoms with E-state index in [9.17, 15) is 9.59 Å². The van der Waals surface area contributed by atoms with Gasteiger partial charge in [-0.05, 0) is 37.3 Å². The Balaban J connectivity index is 1.75. The summed E-state index contributed by atoms with van der Waals surface area (Å²) >= 11 is 0. The Kier molecular flexibility index (Phi) is 5.62. The Morgan fingerprint density at radius 2 is 1.63 bits per heavy atom. The van der Waals surface area contributed by atoms with E-state index in [1.165, 1.54) is 4.90 Å². The van der Waals surface area contributed by atoms with Gasteiger partial charge in [0.1, 0.15) is 11.4 Å². The molecule has 0 N–H and O–H groups in total. The number of carbonyl (C=O) groups excluding carboxylic acids is 2. The maximum atomic E-state index is 13.5. The van der Waals surface area contributed by atoms with Gasteiger partial charge in [-0.25, -0.2) is 0 Å². The van der Waals surface area contributed by atoms with Crippen molar-refractivity contribution in [2.75, 3.05) is 20.2 Å². The lowest BCUT2D eigenvalue weighted by Gasteiger charge is -2.32. The number of aryl methyl sites for hydroxylation is 1. The number of piperidine rings is 1. The first-order valence-electron chi connectivity index (χ1n) is 10.5. The first-order valence-corrected chi connectivity index (χ1v) is 10.5. The molecule has 2 aromatic rings. The second-order valence-corrected chi connectivity index (χ2v) is 8.28. The monoisotopic (exact) mass is 404 g/mol. The van der Waals surface area contributed by atoms with Crippen LogP contribution in [-0.4, -0.2) is 41.8 Å². The van der Waals surface area contributed by atoms with Crippen LogP contribution >= 0.6 is 0 Å². The molecule has 5 heteroatoms. The molecule has 2 aromatic carbocycles. The van der Waals surface area contributed by atoms with Gasteiger partial charge in [-0.1, -0.05) is 55.0 Å². The van der Waals surface area contributed by atoms with Crippen LogP contribution in [0.25, 0.3) is 5.57 Å². The molecule has 1 fully saturated rings.